The summed E-state index contributed by atoms with van der Waals surface area (Å²) in [5, 5.41) is 6.19. The lowest BCUT2D eigenvalue weighted by atomic mass is 10.0. The Kier molecular flexibility index (Phi) is 12.6. The summed E-state index contributed by atoms with van der Waals surface area (Å²) in [6.45, 7) is 1.84. The van der Waals surface area contributed by atoms with E-state index in [-0.39, 0.29) is 25.3 Å². The molecule has 0 saturated carbocycles. The fraction of sp³-hybridized carbons (Fsp3) is 0.265. The minimum absolute atomic E-state index is 0.153. The topological polar surface area (TPSA) is 119 Å². The Morgan fingerprint density at radius 1 is 0.652 bits per heavy atom. The van der Waals surface area contributed by atoms with Gasteiger partial charge in [-0.1, -0.05) is 66.7 Å². The summed E-state index contributed by atoms with van der Waals surface area (Å²) in [6.07, 6.45) is 7.14. The highest BCUT2D eigenvalue weighted by Crippen LogP contribution is 2.14. The number of nitrogens with one attached hydrogen (secondary N) is 2. The predicted octanol–water partition coefficient (Wildman–Crippen LogP) is 5.87. The van der Waals surface area contributed by atoms with Crippen LogP contribution in [0, 0.1) is 0 Å². The van der Waals surface area contributed by atoms with Gasteiger partial charge in [-0.05, 0) is 35.6 Å². The van der Waals surface area contributed by atoms with Crippen molar-refractivity contribution in [3.8, 4) is 0 Å². The van der Waals surface area contributed by atoms with E-state index in [2.05, 4.69) is 30.5 Å². The SMILES string of the molecule is O=C(N[C@H](Cc1ccccc1)CN(Cc1cccnc1)C[C@@H](Cc1ccccc1)NC(=O)OCc1cncs1)OCc1cncs1. The smallest absolute Gasteiger partial charge is 0.407 e. The number of nitrogens with zero attached hydrogens (tertiary/aromatic N) is 4. The molecule has 10 nitrogen and oxygen atoms in total. The molecule has 3 aromatic heterocycles. The molecule has 0 spiro atoms. The molecule has 0 aliphatic carbocycles. The molecule has 2 N–H and O–H groups in total. The van der Waals surface area contributed by atoms with Crippen molar-refractivity contribution in [2.24, 2.45) is 0 Å². The number of carbonyl (C=O) groups excluding carboxylic acids is 2. The van der Waals surface area contributed by atoms with Gasteiger partial charge in [-0.25, -0.2) is 9.59 Å². The molecule has 0 aliphatic heterocycles. The van der Waals surface area contributed by atoms with Crippen LogP contribution in [0.15, 0.2) is 109 Å². The monoisotopic (exact) mass is 656 g/mol. The second-order valence-corrected chi connectivity index (χ2v) is 12.6. The van der Waals surface area contributed by atoms with Crippen molar-refractivity contribution in [2.75, 3.05) is 13.1 Å². The molecule has 12 heteroatoms. The Hall–Kier alpha value is -4.65. The van der Waals surface area contributed by atoms with E-state index in [1.165, 1.54) is 22.7 Å². The first-order chi connectivity index (χ1) is 22.6. The summed E-state index contributed by atoms with van der Waals surface area (Å²) in [7, 11) is 0. The number of hydrogen-bond acceptors (Lipinski definition) is 10. The van der Waals surface area contributed by atoms with E-state index in [4.69, 9.17) is 9.47 Å². The Labute approximate surface area is 276 Å². The first kappa shape index (κ1) is 32.7. The molecule has 0 radical (unpaired) electrons. The summed E-state index contributed by atoms with van der Waals surface area (Å²) < 4.78 is 11.1. The third-order valence-electron chi connectivity index (χ3n) is 7.04. The molecule has 0 unspecified atom stereocenters. The Bertz CT molecular complexity index is 1480. The zero-order valence-electron chi connectivity index (χ0n) is 25.2. The van der Waals surface area contributed by atoms with Crippen LogP contribution in [0.2, 0.25) is 0 Å². The first-order valence-corrected chi connectivity index (χ1v) is 16.7. The lowest BCUT2D eigenvalue weighted by Gasteiger charge is -2.31. The minimum Gasteiger partial charge on any atom is -0.444 e. The maximum Gasteiger partial charge on any atom is 0.407 e. The number of benzene rings is 2. The van der Waals surface area contributed by atoms with Gasteiger partial charge in [0.25, 0.3) is 0 Å². The molecule has 5 rings (SSSR count). The normalized spacial score (nSPS) is 12.3. The number of amides is 2. The molecule has 2 aromatic carbocycles. The predicted molar refractivity (Wildman–Crippen MR) is 178 cm³/mol. The maximum atomic E-state index is 13.0. The number of carbonyl (C=O) groups is 2. The summed E-state index contributed by atoms with van der Waals surface area (Å²) in [5.74, 6) is 0. The Morgan fingerprint density at radius 2 is 1.15 bits per heavy atom. The summed E-state index contributed by atoms with van der Waals surface area (Å²) in [4.78, 5) is 42.4. The minimum atomic E-state index is -0.499. The van der Waals surface area contributed by atoms with Gasteiger partial charge in [-0.3, -0.25) is 19.9 Å². The van der Waals surface area contributed by atoms with Crippen LogP contribution >= 0.6 is 22.7 Å². The lowest BCUT2D eigenvalue weighted by Crippen LogP contribution is -2.50. The highest BCUT2D eigenvalue weighted by molar-refractivity contribution is 7.09. The molecular formula is C34H36N6O4S2. The van der Waals surface area contributed by atoms with Crippen LogP contribution in [0.4, 0.5) is 9.59 Å². The maximum absolute atomic E-state index is 13.0. The van der Waals surface area contributed by atoms with E-state index in [9.17, 15) is 9.59 Å². The van der Waals surface area contributed by atoms with Gasteiger partial charge in [0.2, 0.25) is 0 Å². The number of thiazole rings is 2. The van der Waals surface area contributed by atoms with Crippen LogP contribution in [0.5, 0.6) is 0 Å². The summed E-state index contributed by atoms with van der Waals surface area (Å²) in [5.41, 5.74) is 6.60. The molecular weight excluding hydrogens is 621 g/mol. The van der Waals surface area contributed by atoms with Gasteiger partial charge in [0, 0.05) is 56.5 Å². The fourth-order valence-electron chi connectivity index (χ4n) is 5.01. The van der Waals surface area contributed by atoms with E-state index in [1.54, 1.807) is 29.6 Å². The van der Waals surface area contributed by atoms with E-state index in [0.29, 0.717) is 32.5 Å². The van der Waals surface area contributed by atoms with Gasteiger partial charge in [0.15, 0.2) is 0 Å². The molecule has 0 aliphatic rings. The van der Waals surface area contributed by atoms with Crippen molar-refractivity contribution in [1.29, 1.82) is 0 Å². The van der Waals surface area contributed by atoms with E-state index in [1.807, 2.05) is 79.0 Å². The van der Waals surface area contributed by atoms with E-state index >= 15 is 0 Å². The van der Waals surface area contributed by atoms with Crippen LogP contribution in [-0.2, 0) is 42.1 Å². The molecule has 0 fully saturated rings. The zero-order chi connectivity index (χ0) is 31.8. The second kappa shape index (κ2) is 17.7. The van der Waals surface area contributed by atoms with Crippen LogP contribution in [0.3, 0.4) is 0 Å². The first-order valence-electron chi connectivity index (χ1n) is 14.9. The molecule has 46 heavy (non-hydrogen) atoms. The average Bonchev–Trinajstić information content (AvgIpc) is 3.79. The molecule has 5 aromatic rings. The summed E-state index contributed by atoms with van der Waals surface area (Å²) in [6, 6.07) is 23.4. The molecule has 2 atom stereocenters. The second-order valence-electron chi connectivity index (χ2n) is 10.7. The summed E-state index contributed by atoms with van der Waals surface area (Å²) >= 11 is 2.87. The van der Waals surface area contributed by atoms with Gasteiger partial charge >= 0.3 is 12.2 Å². The number of aromatic nitrogens is 3. The van der Waals surface area contributed by atoms with E-state index < -0.39 is 12.2 Å². The number of pyridine rings is 1. The van der Waals surface area contributed by atoms with Gasteiger partial charge < -0.3 is 20.1 Å². The average molecular weight is 657 g/mol. The Balaban J connectivity index is 1.33. The molecule has 0 saturated heterocycles. The van der Waals surface area contributed by atoms with Gasteiger partial charge in [-0.2, -0.15) is 0 Å². The van der Waals surface area contributed by atoms with Crippen molar-refractivity contribution < 1.29 is 19.1 Å². The van der Waals surface area contributed by atoms with Gasteiger partial charge in [0.1, 0.15) is 13.2 Å². The Morgan fingerprint density at radius 3 is 1.59 bits per heavy atom. The number of alkyl carbamates (subject to hydrolysis) is 2. The molecule has 0 bridgehead atoms. The van der Waals surface area contributed by atoms with Crippen LogP contribution in [0.25, 0.3) is 0 Å². The standard InChI is InChI=1S/C34H36N6O4S2/c41-33(43-22-31-17-36-24-45-31)38-29(14-26-8-3-1-4-9-26)20-40(19-28-12-7-13-35-16-28)21-30(15-27-10-5-2-6-11-27)39-34(42)44-23-32-18-37-25-46-32/h1-13,16-18,24-25,29-30H,14-15,19-23H2,(H,38,41)(H,39,42)/t29-,30-/m1/s1. The molecule has 238 valence electrons. The van der Waals surface area contributed by atoms with Gasteiger partial charge in [0.05, 0.1) is 20.8 Å². The molecule has 3 heterocycles. The highest BCUT2D eigenvalue weighted by Gasteiger charge is 2.23. The third-order valence-corrected chi connectivity index (χ3v) is 8.54. The number of rotatable bonds is 16. The van der Waals surface area contributed by atoms with Crippen molar-refractivity contribution in [3.63, 3.8) is 0 Å². The number of hydrogen-bond donors (Lipinski definition) is 2. The van der Waals surface area contributed by atoms with E-state index in [0.717, 1.165) is 26.4 Å². The quantitative estimate of drug-likeness (QED) is 0.135. The highest BCUT2D eigenvalue weighted by atomic mass is 32.1. The van der Waals surface area contributed by atoms with Crippen LogP contribution < -0.4 is 10.6 Å². The van der Waals surface area contributed by atoms with Crippen molar-refractivity contribution in [2.45, 2.75) is 44.7 Å². The fourth-order valence-corrected chi connectivity index (χ4v) is 6.02. The lowest BCUT2D eigenvalue weighted by molar-refractivity contribution is 0.126. The van der Waals surface area contributed by atoms with Crippen molar-refractivity contribution >= 4 is 34.9 Å². The van der Waals surface area contributed by atoms with Crippen molar-refractivity contribution in [1.82, 2.24) is 30.5 Å². The zero-order valence-corrected chi connectivity index (χ0v) is 26.9. The number of ether oxygens (including phenoxy) is 2. The molecule has 2 amide bonds. The van der Waals surface area contributed by atoms with Gasteiger partial charge in [-0.15, -0.1) is 22.7 Å². The van der Waals surface area contributed by atoms with Crippen molar-refractivity contribution in [3.05, 3.63) is 135 Å². The third kappa shape index (κ3) is 11.4. The van der Waals surface area contributed by atoms with Crippen LogP contribution in [0.1, 0.15) is 26.4 Å². The largest absolute Gasteiger partial charge is 0.444 e. The van der Waals surface area contributed by atoms with Crippen LogP contribution in [-0.4, -0.2) is 57.2 Å².